The molecule has 14 heavy (non-hydrogen) atoms. The molecule has 0 bridgehead atoms. The molecular weight excluding hydrogens is 170 g/mol. The molecule has 0 saturated heterocycles. The second-order valence-corrected chi connectivity index (χ2v) is 4.48. The summed E-state index contributed by atoms with van der Waals surface area (Å²) in [5.41, 5.74) is 0. The Bertz CT molecular complexity index is 186. The fourth-order valence-electron chi connectivity index (χ4n) is 2.37. The van der Waals surface area contributed by atoms with E-state index in [1.165, 1.54) is 32.1 Å². The summed E-state index contributed by atoms with van der Waals surface area (Å²) in [5, 5.41) is 3.55. The summed E-state index contributed by atoms with van der Waals surface area (Å²) in [5.74, 6) is 3.66. The van der Waals surface area contributed by atoms with Gasteiger partial charge in [-0.2, -0.15) is 0 Å². The summed E-state index contributed by atoms with van der Waals surface area (Å²) >= 11 is 0. The molecule has 1 fully saturated rings. The van der Waals surface area contributed by atoms with Gasteiger partial charge >= 0.3 is 0 Å². The van der Waals surface area contributed by atoms with E-state index >= 15 is 0 Å². The zero-order chi connectivity index (χ0) is 10.4. The summed E-state index contributed by atoms with van der Waals surface area (Å²) < 4.78 is 0. The third kappa shape index (κ3) is 3.35. The molecule has 1 saturated carbocycles. The van der Waals surface area contributed by atoms with Gasteiger partial charge in [0, 0.05) is 6.04 Å². The first-order valence-corrected chi connectivity index (χ1v) is 6.00. The topological polar surface area (TPSA) is 12.0 Å². The van der Waals surface area contributed by atoms with Crippen molar-refractivity contribution in [3.63, 3.8) is 0 Å². The van der Waals surface area contributed by atoms with Gasteiger partial charge in [-0.25, -0.2) is 0 Å². The molecule has 2 atom stereocenters. The minimum absolute atomic E-state index is 0.270. The zero-order valence-electron chi connectivity index (χ0n) is 9.55. The van der Waals surface area contributed by atoms with Crippen molar-refractivity contribution in [1.29, 1.82) is 0 Å². The van der Waals surface area contributed by atoms with E-state index in [1.54, 1.807) is 0 Å². The van der Waals surface area contributed by atoms with Crippen LogP contribution in [-0.2, 0) is 0 Å². The number of terminal acetylenes is 1. The highest BCUT2D eigenvalue weighted by Crippen LogP contribution is 2.26. The third-order valence-electron chi connectivity index (χ3n) is 3.43. The van der Waals surface area contributed by atoms with Crippen LogP contribution in [0.5, 0.6) is 0 Å². The van der Waals surface area contributed by atoms with E-state index in [4.69, 9.17) is 6.42 Å². The van der Waals surface area contributed by atoms with Crippen LogP contribution in [0.25, 0.3) is 0 Å². The van der Waals surface area contributed by atoms with Gasteiger partial charge in [-0.1, -0.05) is 32.1 Å². The number of rotatable bonds is 4. The highest BCUT2D eigenvalue weighted by Gasteiger charge is 2.20. The van der Waals surface area contributed by atoms with Gasteiger partial charge in [-0.3, -0.25) is 0 Å². The van der Waals surface area contributed by atoms with Crippen LogP contribution in [-0.4, -0.2) is 12.1 Å². The van der Waals surface area contributed by atoms with Crippen LogP contribution in [0.3, 0.4) is 0 Å². The Hall–Kier alpha value is -0.480. The molecule has 0 heterocycles. The Balaban J connectivity index is 2.32. The maximum absolute atomic E-state index is 5.45. The molecule has 0 spiro atoms. The molecule has 1 aliphatic carbocycles. The summed E-state index contributed by atoms with van der Waals surface area (Å²) in [6.45, 7) is 4.43. The fraction of sp³-hybridized carbons (Fsp3) is 0.846. The monoisotopic (exact) mass is 193 g/mol. The van der Waals surface area contributed by atoms with E-state index in [1.807, 2.05) is 0 Å². The number of hydrogen-bond acceptors (Lipinski definition) is 1. The molecule has 0 aromatic heterocycles. The largest absolute Gasteiger partial charge is 0.301 e. The fourth-order valence-corrected chi connectivity index (χ4v) is 2.37. The molecule has 1 aliphatic rings. The third-order valence-corrected chi connectivity index (χ3v) is 3.43. The second-order valence-electron chi connectivity index (χ2n) is 4.48. The van der Waals surface area contributed by atoms with E-state index < -0.39 is 0 Å². The van der Waals surface area contributed by atoms with Crippen molar-refractivity contribution >= 4 is 0 Å². The average Bonchev–Trinajstić information content (AvgIpc) is 2.26. The molecule has 80 valence electrons. The highest BCUT2D eigenvalue weighted by molar-refractivity contribution is 4.99. The molecule has 1 nitrogen and oxygen atoms in total. The molecule has 0 aromatic carbocycles. The lowest BCUT2D eigenvalue weighted by molar-refractivity contribution is 0.273. The van der Waals surface area contributed by atoms with Crippen molar-refractivity contribution in [2.45, 2.75) is 64.5 Å². The molecule has 0 radical (unpaired) electrons. The van der Waals surface area contributed by atoms with Crippen molar-refractivity contribution in [2.75, 3.05) is 0 Å². The quantitative estimate of drug-likeness (QED) is 0.677. The van der Waals surface area contributed by atoms with Crippen LogP contribution in [0, 0.1) is 18.3 Å². The lowest BCUT2D eigenvalue weighted by Gasteiger charge is -2.30. The number of nitrogens with one attached hydrogen (secondary N) is 1. The van der Waals surface area contributed by atoms with Gasteiger partial charge in [0.1, 0.15) is 0 Å². The molecule has 1 heteroatoms. The maximum Gasteiger partial charge on any atom is 0.0686 e. The van der Waals surface area contributed by atoms with Crippen LogP contribution in [0.15, 0.2) is 0 Å². The van der Waals surface area contributed by atoms with E-state index in [0.29, 0.717) is 6.04 Å². The van der Waals surface area contributed by atoms with Gasteiger partial charge in [0.2, 0.25) is 0 Å². The highest BCUT2D eigenvalue weighted by atomic mass is 14.9. The van der Waals surface area contributed by atoms with Crippen LogP contribution < -0.4 is 5.32 Å². The predicted octanol–water partition coefficient (Wildman–Crippen LogP) is 2.96. The summed E-state index contributed by atoms with van der Waals surface area (Å²) in [7, 11) is 0. The maximum atomic E-state index is 5.45. The minimum atomic E-state index is 0.270. The molecule has 1 rings (SSSR count). The SMILES string of the molecule is C#CC(CC)N[C@H](C)C1CCCCC1. The minimum Gasteiger partial charge on any atom is -0.301 e. The van der Waals surface area contributed by atoms with E-state index in [9.17, 15) is 0 Å². The van der Waals surface area contributed by atoms with Gasteiger partial charge in [0.25, 0.3) is 0 Å². The van der Waals surface area contributed by atoms with Gasteiger partial charge < -0.3 is 5.32 Å². The predicted molar refractivity (Wildman–Crippen MR) is 62.1 cm³/mol. The van der Waals surface area contributed by atoms with Crippen LogP contribution in [0.2, 0.25) is 0 Å². The van der Waals surface area contributed by atoms with E-state index in [-0.39, 0.29) is 6.04 Å². The van der Waals surface area contributed by atoms with Crippen molar-refractivity contribution in [2.24, 2.45) is 5.92 Å². The first kappa shape index (κ1) is 11.6. The van der Waals surface area contributed by atoms with Crippen LogP contribution >= 0.6 is 0 Å². The van der Waals surface area contributed by atoms with Crippen molar-refractivity contribution in [1.82, 2.24) is 5.32 Å². The Morgan fingerprint density at radius 2 is 2.00 bits per heavy atom. The second kappa shape index (κ2) is 6.09. The standard InChI is InChI=1S/C13H23N/c1-4-13(5-2)14-11(3)12-9-7-6-8-10-12/h1,11-14H,5-10H2,2-3H3/t11-,13?/m1/s1. The summed E-state index contributed by atoms with van der Waals surface area (Å²) in [6.07, 6.45) is 13.5. The number of hydrogen-bond donors (Lipinski definition) is 1. The molecule has 0 aliphatic heterocycles. The van der Waals surface area contributed by atoms with Crippen molar-refractivity contribution < 1.29 is 0 Å². The molecular formula is C13H23N. The molecule has 1 unspecified atom stereocenters. The van der Waals surface area contributed by atoms with Gasteiger partial charge in [0.15, 0.2) is 0 Å². The Morgan fingerprint density at radius 1 is 1.36 bits per heavy atom. The van der Waals surface area contributed by atoms with Crippen LogP contribution in [0.4, 0.5) is 0 Å². The Morgan fingerprint density at radius 3 is 2.50 bits per heavy atom. The van der Waals surface area contributed by atoms with Crippen LogP contribution in [0.1, 0.15) is 52.4 Å². The first-order chi connectivity index (χ1) is 6.77. The van der Waals surface area contributed by atoms with E-state index in [2.05, 4.69) is 25.1 Å². The first-order valence-electron chi connectivity index (χ1n) is 6.00. The smallest absolute Gasteiger partial charge is 0.0686 e. The van der Waals surface area contributed by atoms with Crippen molar-refractivity contribution in [3.8, 4) is 12.3 Å². The normalized spacial score (nSPS) is 22.6. The lowest BCUT2D eigenvalue weighted by Crippen LogP contribution is -2.40. The molecule has 0 aromatic rings. The van der Waals surface area contributed by atoms with Gasteiger partial charge in [-0.05, 0) is 32.1 Å². The lowest BCUT2D eigenvalue weighted by atomic mass is 9.84. The van der Waals surface area contributed by atoms with Gasteiger partial charge in [-0.15, -0.1) is 6.42 Å². The average molecular weight is 193 g/mol. The van der Waals surface area contributed by atoms with Crippen molar-refractivity contribution in [3.05, 3.63) is 0 Å². The van der Waals surface area contributed by atoms with E-state index in [0.717, 1.165) is 12.3 Å². The Kier molecular flexibility index (Phi) is 5.04. The Labute approximate surface area is 88.7 Å². The summed E-state index contributed by atoms with van der Waals surface area (Å²) in [6, 6.07) is 0.864. The molecule has 1 N–H and O–H groups in total. The summed E-state index contributed by atoms with van der Waals surface area (Å²) in [4.78, 5) is 0. The molecule has 0 amide bonds. The zero-order valence-corrected chi connectivity index (χ0v) is 9.55. The van der Waals surface area contributed by atoms with Gasteiger partial charge in [0.05, 0.1) is 6.04 Å².